The molecule has 0 saturated heterocycles. The molecule has 0 aliphatic carbocycles. The summed E-state index contributed by atoms with van der Waals surface area (Å²) in [5.41, 5.74) is 0.489. The molecule has 150 valence electrons. The molecular weight excluding hydrogens is 395 g/mol. The van der Waals surface area contributed by atoms with Crippen molar-refractivity contribution in [2.75, 3.05) is 5.32 Å². The van der Waals surface area contributed by atoms with Gasteiger partial charge in [0.25, 0.3) is 0 Å². The first-order chi connectivity index (χ1) is 13.8. The van der Waals surface area contributed by atoms with E-state index in [1.54, 1.807) is 24.3 Å². The van der Waals surface area contributed by atoms with Gasteiger partial charge in [0.05, 0.1) is 10.9 Å². The summed E-state index contributed by atoms with van der Waals surface area (Å²) in [6.45, 7) is 1.42. The zero-order chi connectivity index (χ0) is 20.9. The van der Waals surface area contributed by atoms with E-state index in [4.69, 9.17) is 4.74 Å². The highest BCUT2D eigenvalue weighted by atomic mass is 32.2. The molecule has 6 nitrogen and oxygen atoms in total. The predicted octanol–water partition coefficient (Wildman–Crippen LogP) is 3.92. The van der Waals surface area contributed by atoms with E-state index in [2.05, 4.69) is 10.0 Å². The number of carbonyl (C=O) groups is 1. The third kappa shape index (κ3) is 5.63. The average Bonchev–Trinajstić information content (AvgIpc) is 2.70. The van der Waals surface area contributed by atoms with E-state index >= 15 is 0 Å². The Morgan fingerprint density at radius 1 is 0.897 bits per heavy atom. The smallest absolute Gasteiger partial charge is 0.242 e. The lowest BCUT2D eigenvalue weighted by Crippen LogP contribution is -2.41. The fraction of sp³-hybridized carbons (Fsp3) is 0.0952. The van der Waals surface area contributed by atoms with Crippen LogP contribution < -0.4 is 14.8 Å². The van der Waals surface area contributed by atoms with Crippen molar-refractivity contribution >= 4 is 21.6 Å². The van der Waals surface area contributed by atoms with Gasteiger partial charge in [-0.2, -0.15) is 4.72 Å². The number of hydrogen-bond acceptors (Lipinski definition) is 4. The SMILES string of the molecule is C[C@H](NS(=O)(=O)c1ccc(F)cc1)C(=O)Nc1ccc(Oc2ccccc2)cc1. The number of carbonyl (C=O) groups excluding carboxylic acids is 1. The molecular formula is C21H19FN2O4S. The van der Waals surface area contributed by atoms with Gasteiger partial charge in [-0.25, -0.2) is 12.8 Å². The Morgan fingerprint density at radius 2 is 1.48 bits per heavy atom. The lowest BCUT2D eigenvalue weighted by molar-refractivity contribution is -0.117. The normalized spacial score (nSPS) is 12.2. The number of para-hydroxylation sites is 1. The van der Waals surface area contributed by atoms with Crippen molar-refractivity contribution < 1.29 is 22.3 Å². The van der Waals surface area contributed by atoms with Crippen LogP contribution in [0.3, 0.4) is 0 Å². The Balaban J connectivity index is 1.59. The van der Waals surface area contributed by atoms with Gasteiger partial charge < -0.3 is 10.1 Å². The van der Waals surface area contributed by atoms with Gasteiger partial charge in [0.15, 0.2) is 0 Å². The van der Waals surface area contributed by atoms with Crippen LogP contribution in [0.25, 0.3) is 0 Å². The Morgan fingerprint density at radius 3 is 2.10 bits per heavy atom. The Kier molecular flexibility index (Phi) is 6.26. The number of halogens is 1. The van der Waals surface area contributed by atoms with Gasteiger partial charge in [0.1, 0.15) is 17.3 Å². The van der Waals surface area contributed by atoms with Crippen molar-refractivity contribution in [2.24, 2.45) is 0 Å². The van der Waals surface area contributed by atoms with E-state index in [0.29, 0.717) is 17.2 Å². The van der Waals surface area contributed by atoms with Gasteiger partial charge in [-0.1, -0.05) is 18.2 Å². The van der Waals surface area contributed by atoms with Gasteiger partial charge in [0.2, 0.25) is 15.9 Å². The van der Waals surface area contributed by atoms with Gasteiger partial charge in [-0.05, 0) is 67.6 Å². The second-order valence-electron chi connectivity index (χ2n) is 6.23. The minimum atomic E-state index is -3.95. The molecule has 1 amide bonds. The van der Waals surface area contributed by atoms with E-state index in [0.717, 1.165) is 24.3 Å². The Labute approximate surface area is 168 Å². The van der Waals surface area contributed by atoms with Crippen molar-refractivity contribution in [3.8, 4) is 11.5 Å². The fourth-order valence-corrected chi connectivity index (χ4v) is 3.65. The summed E-state index contributed by atoms with van der Waals surface area (Å²) in [6.07, 6.45) is 0. The molecule has 0 spiro atoms. The first-order valence-electron chi connectivity index (χ1n) is 8.75. The number of benzene rings is 3. The van der Waals surface area contributed by atoms with E-state index in [1.807, 2.05) is 30.3 Å². The maximum absolute atomic E-state index is 13.0. The molecule has 0 radical (unpaired) electrons. The quantitative estimate of drug-likeness (QED) is 0.614. The molecule has 0 fully saturated rings. The zero-order valence-electron chi connectivity index (χ0n) is 15.5. The summed E-state index contributed by atoms with van der Waals surface area (Å²) in [6, 6.07) is 19.2. The summed E-state index contributed by atoms with van der Waals surface area (Å²) in [7, 11) is -3.95. The van der Waals surface area contributed by atoms with E-state index < -0.39 is 27.8 Å². The molecule has 29 heavy (non-hydrogen) atoms. The maximum atomic E-state index is 13.0. The summed E-state index contributed by atoms with van der Waals surface area (Å²) >= 11 is 0. The molecule has 3 rings (SSSR count). The number of hydrogen-bond donors (Lipinski definition) is 2. The molecule has 0 bridgehead atoms. The van der Waals surface area contributed by atoms with Gasteiger partial charge in [0, 0.05) is 5.69 Å². The first-order valence-corrected chi connectivity index (χ1v) is 10.2. The van der Waals surface area contributed by atoms with Crippen LogP contribution >= 0.6 is 0 Å². The van der Waals surface area contributed by atoms with Crippen LogP contribution in [0.2, 0.25) is 0 Å². The average molecular weight is 414 g/mol. The standard InChI is InChI=1S/C21H19FN2O4S/c1-15(24-29(26,27)20-13-7-16(22)8-14-20)21(25)23-17-9-11-19(12-10-17)28-18-5-3-2-4-6-18/h2-15,24H,1H3,(H,23,25)/t15-/m0/s1. The highest BCUT2D eigenvalue weighted by Crippen LogP contribution is 2.22. The monoisotopic (exact) mass is 414 g/mol. The predicted molar refractivity (Wildman–Crippen MR) is 108 cm³/mol. The third-order valence-corrected chi connectivity index (χ3v) is 5.51. The molecule has 1 atom stereocenters. The van der Waals surface area contributed by atoms with Crippen LogP contribution in [0.5, 0.6) is 11.5 Å². The van der Waals surface area contributed by atoms with Crippen LogP contribution in [0.4, 0.5) is 10.1 Å². The summed E-state index contributed by atoms with van der Waals surface area (Å²) in [5.74, 6) is 0.203. The number of anilines is 1. The fourth-order valence-electron chi connectivity index (χ4n) is 2.45. The number of amides is 1. The van der Waals surface area contributed by atoms with Crippen LogP contribution in [0.15, 0.2) is 83.8 Å². The number of ether oxygens (including phenoxy) is 1. The van der Waals surface area contributed by atoms with Crippen molar-refractivity contribution in [3.63, 3.8) is 0 Å². The molecule has 0 aliphatic rings. The van der Waals surface area contributed by atoms with E-state index in [-0.39, 0.29) is 4.90 Å². The molecule has 0 unspecified atom stereocenters. The molecule has 2 N–H and O–H groups in total. The van der Waals surface area contributed by atoms with Crippen molar-refractivity contribution in [1.82, 2.24) is 4.72 Å². The van der Waals surface area contributed by atoms with Crippen LogP contribution in [0, 0.1) is 5.82 Å². The van der Waals surface area contributed by atoms with Crippen molar-refractivity contribution in [3.05, 3.63) is 84.7 Å². The minimum absolute atomic E-state index is 0.124. The van der Waals surface area contributed by atoms with Gasteiger partial charge in [-0.3, -0.25) is 4.79 Å². The van der Waals surface area contributed by atoms with Crippen molar-refractivity contribution in [1.29, 1.82) is 0 Å². The summed E-state index contributed by atoms with van der Waals surface area (Å²) in [4.78, 5) is 12.2. The molecule has 3 aromatic rings. The Bertz CT molecular complexity index is 1070. The van der Waals surface area contributed by atoms with E-state index in [9.17, 15) is 17.6 Å². The molecule has 0 saturated carbocycles. The topological polar surface area (TPSA) is 84.5 Å². The number of rotatable bonds is 7. The number of nitrogens with one attached hydrogen (secondary N) is 2. The van der Waals surface area contributed by atoms with Crippen LogP contribution in [-0.2, 0) is 14.8 Å². The summed E-state index contributed by atoms with van der Waals surface area (Å²) in [5, 5.41) is 2.63. The second-order valence-corrected chi connectivity index (χ2v) is 7.94. The molecule has 0 aromatic heterocycles. The highest BCUT2D eigenvalue weighted by Gasteiger charge is 2.22. The maximum Gasteiger partial charge on any atom is 0.242 e. The highest BCUT2D eigenvalue weighted by molar-refractivity contribution is 7.89. The van der Waals surface area contributed by atoms with Gasteiger partial charge >= 0.3 is 0 Å². The van der Waals surface area contributed by atoms with Crippen LogP contribution in [0.1, 0.15) is 6.92 Å². The van der Waals surface area contributed by atoms with Crippen molar-refractivity contribution in [2.45, 2.75) is 17.9 Å². The largest absolute Gasteiger partial charge is 0.457 e. The second kappa shape index (κ2) is 8.85. The lowest BCUT2D eigenvalue weighted by Gasteiger charge is -2.15. The zero-order valence-corrected chi connectivity index (χ0v) is 16.3. The molecule has 8 heteroatoms. The van der Waals surface area contributed by atoms with Crippen LogP contribution in [-0.4, -0.2) is 20.4 Å². The minimum Gasteiger partial charge on any atom is -0.457 e. The summed E-state index contributed by atoms with van der Waals surface area (Å²) < 4.78 is 45.5. The molecule has 0 heterocycles. The van der Waals surface area contributed by atoms with Gasteiger partial charge in [-0.15, -0.1) is 0 Å². The lowest BCUT2D eigenvalue weighted by atomic mass is 10.2. The molecule has 0 aliphatic heterocycles. The first kappa shape index (κ1) is 20.5. The third-order valence-electron chi connectivity index (χ3n) is 3.95. The number of sulfonamides is 1. The van der Waals surface area contributed by atoms with E-state index in [1.165, 1.54) is 6.92 Å². The molecule has 3 aromatic carbocycles. The Hall–Kier alpha value is -3.23.